The van der Waals surface area contributed by atoms with Gasteiger partial charge in [0.1, 0.15) is 0 Å². The molecule has 2 nitrogen and oxygen atoms in total. The summed E-state index contributed by atoms with van der Waals surface area (Å²) in [7, 11) is 0. The second-order valence-electron chi connectivity index (χ2n) is 0. The zero-order valence-electron chi connectivity index (χ0n) is 2.73. The number of rotatable bonds is 0. The zero-order valence-corrected chi connectivity index (χ0v) is 15.1. The van der Waals surface area contributed by atoms with Gasteiger partial charge in [-0.05, 0) is 0 Å². The van der Waals surface area contributed by atoms with Crippen LogP contribution >= 0.6 is 0 Å². The van der Waals surface area contributed by atoms with Crippen LogP contribution in [-0.2, 0) is 24.5 Å². The van der Waals surface area contributed by atoms with Gasteiger partial charge in [-0.25, -0.2) is 0 Å². The fraction of sp³-hybridized carbons (Fsp3) is 0. The molecule has 0 aromatic heterocycles. The Balaban J connectivity index is -0.0000000133. The summed E-state index contributed by atoms with van der Waals surface area (Å²) in [5.74, 6) is 0. The second kappa shape index (κ2) is 36.5. The first-order valence-corrected chi connectivity index (χ1v) is 3.29. The van der Waals surface area contributed by atoms with Crippen molar-refractivity contribution < 1.29 is 24.5 Å². The molecule has 4 radical (unpaired) electrons. The Kier molecular flexibility index (Phi) is 115. The minimum atomic E-state index is 0. The first-order chi connectivity index (χ1) is 2.00. The van der Waals surface area contributed by atoms with Crippen molar-refractivity contribution in [1.82, 2.24) is 0 Å². The van der Waals surface area contributed by atoms with Gasteiger partial charge in [0.15, 0.2) is 0 Å². The molecule has 0 aromatic rings. The third kappa shape index (κ3) is 23.5. The van der Waals surface area contributed by atoms with E-state index in [-0.39, 0.29) is 71.3 Å². The zero-order chi connectivity index (χ0) is 4.00. The van der Waals surface area contributed by atoms with E-state index in [4.69, 9.17) is 6.26 Å². The molecule has 0 rings (SSSR count). The molecule has 0 unspecified atom stereocenters. The van der Waals surface area contributed by atoms with E-state index in [1.807, 2.05) is 0 Å². The minimum absolute atomic E-state index is 0. The number of hydrogen-bond acceptors (Lipinski definition) is 2. The normalized spacial score (nSPS) is 2.00. The molecule has 0 aliphatic heterocycles. The molecule has 0 saturated heterocycles. The van der Waals surface area contributed by atoms with Crippen LogP contribution < -0.4 is 0 Å². The van der Waals surface area contributed by atoms with Crippen molar-refractivity contribution in [2.24, 2.45) is 0 Å². The summed E-state index contributed by atoms with van der Waals surface area (Å²) in [6.07, 6.45) is 0. The maximum atomic E-state index is 8.39. The van der Waals surface area contributed by atoms with E-state index in [0.717, 1.165) is 0 Å². The summed E-state index contributed by atoms with van der Waals surface area (Å²) in [6.45, 7) is 0. The predicted octanol–water partition coefficient (Wildman–Crippen LogP) is -1.54. The van der Waals surface area contributed by atoms with Crippen LogP contribution in [-0.4, -0.2) is 53.1 Å². The van der Waals surface area contributed by atoms with Gasteiger partial charge in [0.2, 0.25) is 0 Å². The molecule has 5 heavy (non-hydrogen) atoms. The van der Waals surface area contributed by atoms with Crippen LogP contribution in [0.1, 0.15) is 0 Å². The molecular formula is H2O2Pb2Zn. The van der Waals surface area contributed by atoms with E-state index in [0.29, 0.717) is 0 Å². The van der Waals surface area contributed by atoms with Gasteiger partial charge in [0.05, 0.1) is 0 Å². The molecule has 0 amide bonds. The van der Waals surface area contributed by atoms with Gasteiger partial charge < -0.3 is 0 Å². The molecule has 0 spiro atoms. The molecule has 0 aliphatic carbocycles. The summed E-state index contributed by atoms with van der Waals surface area (Å²) >= 11 is 0.181. The maximum absolute atomic E-state index is 8.39. The standard InChI is InChI=1S/2O.2Pb.Zn.2H. The van der Waals surface area contributed by atoms with Gasteiger partial charge >= 0.3 is 77.6 Å². The van der Waals surface area contributed by atoms with Crippen molar-refractivity contribution in [3.05, 3.63) is 0 Å². The molecule has 0 aliphatic rings. The predicted molar refractivity (Wildman–Crippen MR) is 15.7 cm³/mol. The van der Waals surface area contributed by atoms with Crippen molar-refractivity contribution in [2.75, 3.05) is 0 Å². The summed E-state index contributed by atoms with van der Waals surface area (Å²) in [6, 6.07) is 0. The molecule has 0 bridgehead atoms. The van der Waals surface area contributed by atoms with E-state index in [1.165, 1.54) is 0 Å². The van der Waals surface area contributed by atoms with Gasteiger partial charge in [-0.2, -0.15) is 0 Å². The van der Waals surface area contributed by atoms with Crippen molar-refractivity contribution >= 4 is 53.1 Å². The molecule has 24 valence electrons. The van der Waals surface area contributed by atoms with Crippen LogP contribution in [0.3, 0.4) is 0 Å². The molecular weight excluding hydrogens is 512 g/mol. The molecule has 0 heterocycles. The second-order valence-corrected chi connectivity index (χ2v) is 0. The van der Waals surface area contributed by atoms with E-state index in [9.17, 15) is 0 Å². The Hall–Kier alpha value is 2.07. The van der Waals surface area contributed by atoms with Gasteiger partial charge in [-0.15, -0.1) is 0 Å². The van der Waals surface area contributed by atoms with Crippen LogP contribution in [0.4, 0.5) is 0 Å². The van der Waals surface area contributed by atoms with Gasteiger partial charge in [0, 0.05) is 0 Å². The summed E-state index contributed by atoms with van der Waals surface area (Å²) in [5.41, 5.74) is 0. The van der Waals surface area contributed by atoms with Crippen LogP contribution in [0.15, 0.2) is 0 Å². The quantitative estimate of drug-likeness (QED) is 0.368. The fourth-order valence-electron chi connectivity index (χ4n) is 0. The van der Waals surface area contributed by atoms with Crippen LogP contribution in [0.2, 0.25) is 0 Å². The number of hydrogen-bond donors (Lipinski definition) is 0. The van der Waals surface area contributed by atoms with Gasteiger partial charge in [0.25, 0.3) is 0 Å². The topological polar surface area (TPSA) is 34.1 Å². The Morgan fingerprint density at radius 2 is 1.20 bits per heavy atom. The molecule has 5 heteroatoms. The SMILES string of the molecule is [O]=[Pb].[O]=[Zn].[PbH2]. The van der Waals surface area contributed by atoms with E-state index >= 15 is 0 Å². The van der Waals surface area contributed by atoms with E-state index in [2.05, 4.69) is 0 Å². The van der Waals surface area contributed by atoms with Gasteiger partial charge in [-0.1, -0.05) is 0 Å². The van der Waals surface area contributed by atoms with Crippen LogP contribution in [0, 0.1) is 0 Å². The molecule has 0 atom stereocenters. The van der Waals surface area contributed by atoms with Crippen molar-refractivity contribution in [1.29, 1.82) is 0 Å². The Labute approximate surface area is 76.3 Å². The van der Waals surface area contributed by atoms with Crippen molar-refractivity contribution in [3.8, 4) is 0 Å². The molecule has 0 N–H and O–H groups in total. The Bertz CT molecular complexity index is 9.61. The van der Waals surface area contributed by atoms with Crippen molar-refractivity contribution in [3.63, 3.8) is 0 Å². The van der Waals surface area contributed by atoms with Crippen LogP contribution in [0.25, 0.3) is 0 Å². The van der Waals surface area contributed by atoms with Crippen molar-refractivity contribution in [2.45, 2.75) is 0 Å². The van der Waals surface area contributed by atoms with Gasteiger partial charge in [-0.3, -0.25) is 0 Å². The first kappa shape index (κ1) is 15.7. The fourth-order valence-corrected chi connectivity index (χ4v) is 0. The molecule has 0 fully saturated rings. The monoisotopic (exact) mass is 514 g/mol. The average Bonchev–Trinajstić information content (AvgIpc) is 1.50. The third-order valence-electron chi connectivity index (χ3n) is 0. The molecule has 0 saturated carbocycles. The summed E-state index contributed by atoms with van der Waals surface area (Å²) in [4.78, 5) is 0. The summed E-state index contributed by atoms with van der Waals surface area (Å²) < 4.78 is 16.8. The Morgan fingerprint density at radius 3 is 1.20 bits per heavy atom. The molecule has 0 aromatic carbocycles. The average molecular weight is 514 g/mol. The summed E-state index contributed by atoms with van der Waals surface area (Å²) in [5, 5.41) is 0. The first-order valence-electron chi connectivity index (χ1n) is 0.493. The van der Waals surface area contributed by atoms with E-state index in [1.54, 1.807) is 0 Å². The van der Waals surface area contributed by atoms with Crippen LogP contribution in [0.5, 0.6) is 0 Å². The third-order valence-corrected chi connectivity index (χ3v) is 0. The van der Waals surface area contributed by atoms with E-state index < -0.39 is 0 Å². The Morgan fingerprint density at radius 1 is 1.20 bits per heavy atom.